The van der Waals surface area contributed by atoms with E-state index in [-0.39, 0.29) is 11.9 Å². The van der Waals surface area contributed by atoms with Gasteiger partial charge in [-0.2, -0.15) is 0 Å². The fraction of sp³-hybridized carbons (Fsp3) is 0.294. The number of pyridine rings is 1. The molecule has 0 fully saturated rings. The summed E-state index contributed by atoms with van der Waals surface area (Å²) in [5, 5.41) is 6.16. The first kappa shape index (κ1) is 15.0. The zero-order valence-electron chi connectivity index (χ0n) is 12.5. The Hall–Kier alpha value is -2.36. The minimum Gasteiger partial charge on any atom is -0.370 e. The van der Waals surface area contributed by atoms with Crippen molar-refractivity contribution in [1.29, 1.82) is 0 Å². The molecule has 2 rings (SSSR count). The predicted octanol–water partition coefficient (Wildman–Crippen LogP) is 3.39. The highest BCUT2D eigenvalue weighted by Gasteiger charge is 2.11. The van der Waals surface area contributed by atoms with Gasteiger partial charge in [-0.3, -0.25) is 4.79 Å². The largest absolute Gasteiger partial charge is 0.370 e. The maximum absolute atomic E-state index is 12.2. The highest BCUT2D eigenvalue weighted by atomic mass is 16.1. The molecule has 0 aliphatic heterocycles. The van der Waals surface area contributed by atoms with Crippen LogP contribution in [0.1, 0.15) is 42.2 Å². The van der Waals surface area contributed by atoms with Crippen LogP contribution in [0, 0.1) is 0 Å². The SMILES string of the molecule is CCCNc1ccc(C(=O)NC(C)c2ccccc2)cn1. The minimum atomic E-state index is -0.110. The number of nitrogens with one attached hydrogen (secondary N) is 2. The van der Waals surface area contributed by atoms with Crippen LogP contribution in [0.3, 0.4) is 0 Å². The Bertz CT molecular complexity index is 566. The molecule has 0 saturated carbocycles. The number of aromatic nitrogens is 1. The van der Waals surface area contributed by atoms with Crippen molar-refractivity contribution in [2.75, 3.05) is 11.9 Å². The maximum Gasteiger partial charge on any atom is 0.253 e. The van der Waals surface area contributed by atoms with E-state index in [0.29, 0.717) is 5.56 Å². The Balaban J connectivity index is 1.97. The lowest BCUT2D eigenvalue weighted by atomic mass is 10.1. The molecule has 1 heterocycles. The minimum absolute atomic E-state index is 0.0309. The number of carbonyl (C=O) groups excluding carboxylic acids is 1. The number of anilines is 1. The number of amides is 1. The van der Waals surface area contributed by atoms with Gasteiger partial charge >= 0.3 is 0 Å². The maximum atomic E-state index is 12.2. The first-order chi connectivity index (χ1) is 10.2. The summed E-state index contributed by atoms with van der Waals surface area (Å²) in [5.41, 5.74) is 1.65. The van der Waals surface area contributed by atoms with Gasteiger partial charge in [0, 0.05) is 12.7 Å². The van der Waals surface area contributed by atoms with Crippen LogP contribution in [0.5, 0.6) is 0 Å². The monoisotopic (exact) mass is 283 g/mol. The molecule has 1 atom stereocenters. The zero-order chi connectivity index (χ0) is 15.1. The van der Waals surface area contributed by atoms with Crippen molar-refractivity contribution in [2.45, 2.75) is 26.3 Å². The molecule has 0 saturated heterocycles. The van der Waals surface area contributed by atoms with E-state index in [1.54, 1.807) is 12.3 Å². The topological polar surface area (TPSA) is 54.0 Å². The van der Waals surface area contributed by atoms with E-state index in [1.165, 1.54) is 0 Å². The molecule has 2 aromatic rings. The second-order valence-electron chi connectivity index (χ2n) is 4.96. The van der Waals surface area contributed by atoms with E-state index in [2.05, 4.69) is 22.5 Å². The molecule has 1 amide bonds. The molecule has 0 radical (unpaired) electrons. The fourth-order valence-electron chi connectivity index (χ4n) is 1.99. The van der Waals surface area contributed by atoms with Gasteiger partial charge in [0.2, 0.25) is 0 Å². The van der Waals surface area contributed by atoms with Crippen LogP contribution in [0.4, 0.5) is 5.82 Å². The summed E-state index contributed by atoms with van der Waals surface area (Å²) >= 11 is 0. The number of carbonyl (C=O) groups is 1. The molecule has 1 unspecified atom stereocenters. The summed E-state index contributed by atoms with van der Waals surface area (Å²) < 4.78 is 0. The Labute approximate surface area is 125 Å². The third kappa shape index (κ3) is 4.31. The van der Waals surface area contributed by atoms with Crippen molar-refractivity contribution in [3.63, 3.8) is 0 Å². The standard InChI is InChI=1S/C17H21N3O/c1-3-11-18-16-10-9-15(12-19-16)17(21)20-13(2)14-7-5-4-6-8-14/h4-10,12-13H,3,11H2,1-2H3,(H,18,19)(H,20,21). The number of rotatable bonds is 6. The molecule has 4 heteroatoms. The van der Waals surface area contributed by atoms with E-state index in [4.69, 9.17) is 0 Å². The van der Waals surface area contributed by atoms with Crippen LogP contribution in [-0.2, 0) is 0 Å². The summed E-state index contributed by atoms with van der Waals surface area (Å²) in [5.74, 6) is 0.686. The number of benzene rings is 1. The average Bonchev–Trinajstić information content (AvgIpc) is 2.54. The first-order valence-corrected chi connectivity index (χ1v) is 7.26. The van der Waals surface area contributed by atoms with Crippen molar-refractivity contribution in [2.24, 2.45) is 0 Å². The fourth-order valence-corrected chi connectivity index (χ4v) is 1.99. The van der Waals surface area contributed by atoms with Crippen molar-refractivity contribution in [1.82, 2.24) is 10.3 Å². The lowest BCUT2D eigenvalue weighted by Crippen LogP contribution is -2.26. The Kier molecular flexibility index (Phi) is 5.32. The van der Waals surface area contributed by atoms with Crippen LogP contribution in [0.2, 0.25) is 0 Å². The Morgan fingerprint density at radius 3 is 2.57 bits per heavy atom. The van der Waals surface area contributed by atoms with Crippen LogP contribution in [0.15, 0.2) is 48.7 Å². The third-order valence-electron chi connectivity index (χ3n) is 3.23. The van der Waals surface area contributed by atoms with Gasteiger partial charge in [-0.05, 0) is 31.0 Å². The van der Waals surface area contributed by atoms with Crippen LogP contribution < -0.4 is 10.6 Å². The highest BCUT2D eigenvalue weighted by Crippen LogP contribution is 2.12. The summed E-state index contributed by atoms with van der Waals surface area (Å²) in [4.78, 5) is 16.4. The molecule has 110 valence electrons. The normalized spacial score (nSPS) is 11.7. The van der Waals surface area contributed by atoms with Crippen molar-refractivity contribution in [3.05, 3.63) is 59.8 Å². The quantitative estimate of drug-likeness (QED) is 0.854. The van der Waals surface area contributed by atoms with E-state index < -0.39 is 0 Å². The molecule has 0 aliphatic rings. The number of hydrogen-bond acceptors (Lipinski definition) is 3. The molecule has 4 nitrogen and oxygen atoms in total. The van der Waals surface area contributed by atoms with Gasteiger partial charge < -0.3 is 10.6 Å². The third-order valence-corrected chi connectivity index (χ3v) is 3.23. The lowest BCUT2D eigenvalue weighted by molar-refractivity contribution is 0.0939. The molecule has 2 N–H and O–H groups in total. The second-order valence-corrected chi connectivity index (χ2v) is 4.96. The molecule has 0 aliphatic carbocycles. The molecule has 0 bridgehead atoms. The van der Waals surface area contributed by atoms with Gasteiger partial charge in [-0.15, -0.1) is 0 Å². The van der Waals surface area contributed by atoms with Gasteiger partial charge in [0.25, 0.3) is 5.91 Å². The van der Waals surface area contributed by atoms with Crippen molar-refractivity contribution < 1.29 is 4.79 Å². The van der Waals surface area contributed by atoms with Crippen LogP contribution in [0.25, 0.3) is 0 Å². The van der Waals surface area contributed by atoms with Crippen molar-refractivity contribution >= 4 is 11.7 Å². The second kappa shape index (κ2) is 7.43. The van der Waals surface area contributed by atoms with Crippen LogP contribution in [-0.4, -0.2) is 17.4 Å². The van der Waals surface area contributed by atoms with E-state index in [9.17, 15) is 4.79 Å². The molecule has 0 spiro atoms. The van der Waals surface area contributed by atoms with Gasteiger partial charge in [-0.25, -0.2) is 4.98 Å². The van der Waals surface area contributed by atoms with E-state index >= 15 is 0 Å². The summed E-state index contributed by atoms with van der Waals surface area (Å²) in [6.07, 6.45) is 2.64. The summed E-state index contributed by atoms with van der Waals surface area (Å²) in [7, 11) is 0. The van der Waals surface area contributed by atoms with Crippen molar-refractivity contribution in [3.8, 4) is 0 Å². The van der Waals surface area contributed by atoms with Gasteiger partial charge in [0.1, 0.15) is 5.82 Å². The Morgan fingerprint density at radius 1 is 1.19 bits per heavy atom. The van der Waals surface area contributed by atoms with Gasteiger partial charge in [-0.1, -0.05) is 37.3 Å². The zero-order valence-corrected chi connectivity index (χ0v) is 12.5. The van der Waals surface area contributed by atoms with Crippen LogP contribution >= 0.6 is 0 Å². The average molecular weight is 283 g/mol. The van der Waals surface area contributed by atoms with E-state index in [1.807, 2.05) is 43.3 Å². The van der Waals surface area contributed by atoms with Gasteiger partial charge in [0.15, 0.2) is 0 Å². The smallest absolute Gasteiger partial charge is 0.253 e. The molecular weight excluding hydrogens is 262 g/mol. The predicted molar refractivity (Wildman–Crippen MR) is 85.3 cm³/mol. The molecule has 1 aromatic heterocycles. The number of nitrogens with zero attached hydrogens (tertiary/aromatic N) is 1. The number of hydrogen-bond donors (Lipinski definition) is 2. The van der Waals surface area contributed by atoms with E-state index in [0.717, 1.165) is 24.3 Å². The lowest BCUT2D eigenvalue weighted by Gasteiger charge is -2.14. The Morgan fingerprint density at radius 2 is 1.95 bits per heavy atom. The molecular formula is C17H21N3O. The summed E-state index contributed by atoms with van der Waals surface area (Å²) in [6, 6.07) is 13.5. The molecule has 21 heavy (non-hydrogen) atoms. The highest BCUT2D eigenvalue weighted by molar-refractivity contribution is 5.94. The van der Waals surface area contributed by atoms with Gasteiger partial charge in [0.05, 0.1) is 11.6 Å². The summed E-state index contributed by atoms with van der Waals surface area (Å²) in [6.45, 7) is 4.95. The first-order valence-electron chi connectivity index (χ1n) is 7.26. The molecule has 1 aromatic carbocycles.